The van der Waals surface area contributed by atoms with Gasteiger partial charge in [-0.05, 0) is 36.2 Å². The van der Waals surface area contributed by atoms with Crippen molar-refractivity contribution in [2.24, 2.45) is 5.16 Å². The number of hydrogen-bond acceptors (Lipinski definition) is 5. The highest BCUT2D eigenvalue weighted by atomic mass is 16.5. The van der Waals surface area contributed by atoms with Crippen molar-refractivity contribution in [1.29, 1.82) is 0 Å². The molecule has 2 aromatic rings. The van der Waals surface area contributed by atoms with Crippen LogP contribution < -0.4 is 4.90 Å². The van der Waals surface area contributed by atoms with Crippen molar-refractivity contribution in [1.82, 2.24) is 0 Å². The van der Waals surface area contributed by atoms with E-state index in [-0.39, 0.29) is 18.2 Å². The summed E-state index contributed by atoms with van der Waals surface area (Å²) in [5.41, 5.74) is 3.25. The number of amides is 1. The van der Waals surface area contributed by atoms with E-state index in [0.717, 1.165) is 22.4 Å². The molecule has 1 unspecified atom stereocenters. The van der Waals surface area contributed by atoms with Crippen molar-refractivity contribution in [2.75, 3.05) is 11.5 Å². The third-order valence-electron chi connectivity index (χ3n) is 4.53. The summed E-state index contributed by atoms with van der Waals surface area (Å²) in [6.45, 7) is 4.20. The first kappa shape index (κ1) is 17.7. The van der Waals surface area contributed by atoms with Gasteiger partial charge in [0.1, 0.15) is 0 Å². The number of esters is 1. The lowest BCUT2D eigenvalue weighted by atomic mass is 9.95. The molecule has 0 aliphatic carbocycles. The van der Waals surface area contributed by atoms with Crippen molar-refractivity contribution in [2.45, 2.75) is 26.3 Å². The van der Waals surface area contributed by atoms with Crippen LogP contribution in [-0.2, 0) is 16.1 Å². The lowest BCUT2D eigenvalue weighted by Gasteiger charge is -2.18. The minimum absolute atomic E-state index is 0.0227. The molecule has 1 amide bonds. The van der Waals surface area contributed by atoms with E-state index in [0.29, 0.717) is 6.54 Å². The van der Waals surface area contributed by atoms with Crippen LogP contribution in [0.25, 0.3) is 0 Å². The van der Waals surface area contributed by atoms with Crippen LogP contribution in [0.15, 0.2) is 53.7 Å². The molecule has 1 N–H and O–H groups in total. The number of rotatable bonds is 5. The van der Waals surface area contributed by atoms with Gasteiger partial charge in [0.05, 0.1) is 13.2 Å². The summed E-state index contributed by atoms with van der Waals surface area (Å²) in [4.78, 5) is 26.1. The molecule has 0 aromatic heterocycles. The predicted octanol–water partition coefficient (Wildman–Crippen LogP) is 3.34. The first-order valence-corrected chi connectivity index (χ1v) is 8.45. The average Bonchev–Trinajstić information content (AvgIpc) is 3.00. The van der Waals surface area contributed by atoms with Gasteiger partial charge < -0.3 is 14.8 Å². The van der Waals surface area contributed by atoms with Gasteiger partial charge in [-0.3, -0.25) is 4.79 Å². The number of nitrogens with zero attached hydrogens (tertiary/aromatic N) is 2. The van der Waals surface area contributed by atoms with Crippen molar-refractivity contribution in [3.05, 3.63) is 65.2 Å². The van der Waals surface area contributed by atoms with Crippen molar-refractivity contribution in [3.8, 4) is 0 Å². The molecule has 6 nitrogen and oxygen atoms in total. The van der Waals surface area contributed by atoms with E-state index >= 15 is 0 Å². The van der Waals surface area contributed by atoms with Gasteiger partial charge in [0.2, 0.25) is 0 Å². The highest BCUT2D eigenvalue weighted by Crippen LogP contribution is 2.29. The molecule has 0 saturated heterocycles. The fourth-order valence-corrected chi connectivity index (χ4v) is 3.07. The number of carbonyl (C=O) groups excluding carboxylic acids is 2. The normalized spacial score (nSPS) is 14.9. The largest absolute Gasteiger partial charge is 0.461 e. The second-order valence-corrected chi connectivity index (χ2v) is 6.07. The Morgan fingerprint density at radius 2 is 1.92 bits per heavy atom. The number of hydrogen-bond donors (Lipinski definition) is 1. The third kappa shape index (κ3) is 3.18. The van der Waals surface area contributed by atoms with E-state index in [1.54, 1.807) is 18.7 Å². The van der Waals surface area contributed by atoms with Crippen molar-refractivity contribution < 1.29 is 19.5 Å². The van der Waals surface area contributed by atoms with Gasteiger partial charge in [-0.25, -0.2) is 4.79 Å². The molecule has 1 aliphatic heterocycles. The number of anilines is 1. The Balaban J connectivity index is 1.79. The maximum absolute atomic E-state index is 12.5. The topological polar surface area (TPSA) is 79.2 Å². The first-order chi connectivity index (χ1) is 12.6. The lowest BCUT2D eigenvalue weighted by Crippen LogP contribution is -2.24. The molecule has 0 bridgehead atoms. The summed E-state index contributed by atoms with van der Waals surface area (Å²) in [6.07, 6.45) is 0. The van der Waals surface area contributed by atoms with Gasteiger partial charge in [-0.2, -0.15) is 0 Å². The Labute approximate surface area is 151 Å². The Kier molecular flexibility index (Phi) is 5.02. The molecule has 0 fully saturated rings. The van der Waals surface area contributed by atoms with Crippen LogP contribution in [0.1, 0.15) is 41.3 Å². The van der Waals surface area contributed by atoms with E-state index in [1.165, 1.54) is 0 Å². The van der Waals surface area contributed by atoms with E-state index < -0.39 is 11.9 Å². The molecule has 3 rings (SSSR count). The molecule has 1 heterocycles. The quantitative estimate of drug-likeness (QED) is 0.387. The maximum Gasteiger partial charge on any atom is 0.356 e. The van der Waals surface area contributed by atoms with E-state index in [9.17, 15) is 9.59 Å². The number of fused-ring (bicyclic) bond motifs is 1. The fraction of sp³-hybridized carbons (Fsp3) is 0.250. The van der Waals surface area contributed by atoms with E-state index in [1.807, 2.05) is 48.5 Å². The monoisotopic (exact) mass is 352 g/mol. The van der Waals surface area contributed by atoms with Gasteiger partial charge in [-0.1, -0.05) is 42.4 Å². The molecule has 0 radical (unpaired) electrons. The summed E-state index contributed by atoms with van der Waals surface area (Å²) >= 11 is 0. The number of benzene rings is 2. The molecule has 1 atom stereocenters. The molecule has 2 aromatic carbocycles. The first-order valence-electron chi connectivity index (χ1n) is 8.45. The van der Waals surface area contributed by atoms with Crippen LogP contribution in [0.5, 0.6) is 0 Å². The van der Waals surface area contributed by atoms with E-state index in [4.69, 9.17) is 9.94 Å². The smallest absolute Gasteiger partial charge is 0.356 e. The fourth-order valence-electron chi connectivity index (χ4n) is 3.07. The molecule has 1 aliphatic rings. The standard InChI is InChI=1S/C20H20N2O4/c1-3-26-20(24)18(21-25)13(2)14-8-10-16(11-9-14)22-12-15-6-4-5-7-17(15)19(22)23/h4-11,13,25H,3,12H2,1-2H3/b21-18-. The minimum atomic E-state index is -0.642. The number of carbonyl (C=O) groups is 2. The number of oxime groups is 1. The molecule has 26 heavy (non-hydrogen) atoms. The summed E-state index contributed by atoms with van der Waals surface area (Å²) in [7, 11) is 0. The second kappa shape index (κ2) is 7.39. The molecule has 6 heteroatoms. The van der Waals surface area contributed by atoms with Crippen molar-refractivity contribution in [3.63, 3.8) is 0 Å². The molecule has 134 valence electrons. The van der Waals surface area contributed by atoms with Crippen LogP contribution in [0.2, 0.25) is 0 Å². The predicted molar refractivity (Wildman–Crippen MR) is 97.7 cm³/mol. The van der Waals surface area contributed by atoms with Gasteiger partial charge in [-0.15, -0.1) is 0 Å². The summed E-state index contributed by atoms with van der Waals surface area (Å²) in [6, 6.07) is 14.9. The summed E-state index contributed by atoms with van der Waals surface area (Å²) in [5.74, 6) is -1.10. The van der Waals surface area contributed by atoms with Crippen LogP contribution in [-0.4, -0.2) is 29.4 Å². The van der Waals surface area contributed by atoms with Crippen LogP contribution in [0.3, 0.4) is 0 Å². The van der Waals surface area contributed by atoms with Gasteiger partial charge >= 0.3 is 5.97 Å². The maximum atomic E-state index is 12.5. The Bertz CT molecular complexity index is 858. The molecular formula is C20H20N2O4. The highest BCUT2D eigenvalue weighted by molar-refractivity contribution is 6.38. The van der Waals surface area contributed by atoms with Crippen LogP contribution in [0.4, 0.5) is 5.69 Å². The Hall–Kier alpha value is -3.15. The molecule has 0 saturated carbocycles. The summed E-state index contributed by atoms with van der Waals surface area (Å²) in [5, 5.41) is 12.3. The van der Waals surface area contributed by atoms with Gasteiger partial charge in [0.25, 0.3) is 5.91 Å². The van der Waals surface area contributed by atoms with Crippen LogP contribution in [0, 0.1) is 0 Å². The Morgan fingerprint density at radius 1 is 1.23 bits per heavy atom. The molecule has 0 spiro atoms. The van der Waals surface area contributed by atoms with Crippen LogP contribution >= 0.6 is 0 Å². The Morgan fingerprint density at radius 3 is 2.54 bits per heavy atom. The zero-order chi connectivity index (χ0) is 18.7. The number of ether oxygens (including phenoxy) is 1. The lowest BCUT2D eigenvalue weighted by molar-refractivity contribution is -0.135. The van der Waals surface area contributed by atoms with Crippen molar-refractivity contribution >= 4 is 23.3 Å². The second-order valence-electron chi connectivity index (χ2n) is 6.07. The summed E-state index contributed by atoms with van der Waals surface area (Å²) < 4.78 is 4.91. The van der Waals surface area contributed by atoms with Gasteiger partial charge in [0.15, 0.2) is 5.71 Å². The third-order valence-corrected chi connectivity index (χ3v) is 4.53. The molecular weight excluding hydrogens is 332 g/mol. The average molecular weight is 352 g/mol. The zero-order valence-corrected chi connectivity index (χ0v) is 14.7. The zero-order valence-electron chi connectivity index (χ0n) is 14.7. The SMILES string of the molecule is CCOC(=O)/C(=N\O)C(C)c1ccc(N2Cc3ccccc3C2=O)cc1. The van der Waals surface area contributed by atoms with Gasteiger partial charge in [0, 0.05) is 17.2 Å². The van der Waals surface area contributed by atoms with E-state index in [2.05, 4.69) is 5.16 Å². The minimum Gasteiger partial charge on any atom is -0.461 e. The highest BCUT2D eigenvalue weighted by Gasteiger charge is 2.28.